The van der Waals surface area contributed by atoms with Gasteiger partial charge < -0.3 is 39.4 Å². The van der Waals surface area contributed by atoms with Gasteiger partial charge in [0.1, 0.15) is 46.0 Å². The number of phenolic OH excluding ortho intramolecular Hbond substituents is 4. The standard InChI is InChI=1S/C22H20O4.C15H16O2.C13H10O3.C6H6O/c1-22(2,16-8-12-18(23)13-9-16)17-10-14-20(15-11-17)26-21(24)25-19-6-4-3-5-7-19;1-15(2,11-3-7-13(16)8-4-11)12-5-9-14(17)10-6-12;14-13(15-11-7-3-1-4-8-11)16-12-9-5-2-6-10-12;7-6-4-2-1-3-5-6/h3-15,23H,1-2H3;3-10,16-17H,1-2H3;1-10H;1-5,7H. The van der Waals surface area contributed by atoms with E-state index in [1.165, 1.54) is 0 Å². The van der Waals surface area contributed by atoms with E-state index >= 15 is 0 Å². The average molecular weight is 885 g/mol. The Labute approximate surface area is 385 Å². The van der Waals surface area contributed by atoms with Crippen molar-refractivity contribution in [3.05, 3.63) is 241 Å². The number of ether oxygens (including phenoxy) is 4. The van der Waals surface area contributed by atoms with Gasteiger partial charge in [0, 0.05) is 10.8 Å². The first-order valence-electron chi connectivity index (χ1n) is 20.9. The molecule has 0 amide bonds. The molecule has 0 aliphatic rings. The number of para-hydroxylation sites is 4. The third-order valence-corrected chi connectivity index (χ3v) is 10.1. The van der Waals surface area contributed by atoms with Crippen LogP contribution in [0, 0.1) is 0 Å². The Balaban J connectivity index is 0.000000178. The molecule has 10 heteroatoms. The van der Waals surface area contributed by atoms with Crippen LogP contribution in [-0.2, 0) is 10.8 Å². The van der Waals surface area contributed by atoms with Crippen LogP contribution in [0.2, 0.25) is 0 Å². The number of hydrogen-bond donors (Lipinski definition) is 4. The van der Waals surface area contributed by atoms with Gasteiger partial charge in [-0.1, -0.05) is 149 Å². The number of aromatic hydroxyl groups is 4. The number of benzene rings is 8. The van der Waals surface area contributed by atoms with Gasteiger partial charge in [-0.3, -0.25) is 0 Å². The molecule has 0 radical (unpaired) electrons. The fourth-order valence-electron chi connectivity index (χ4n) is 6.23. The second kappa shape index (κ2) is 23.8. The quantitative estimate of drug-likeness (QED) is 0.0857. The minimum atomic E-state index is -0.776. The molecule has 8 aromatic carbocycles. The molecule has 0 saturated carbocycles. The number of carbonyl (C=O) groups is 2. The SMILES string of the molecule is CC(C)(c1ccc(O)cc1)c1ccc(O)cc1.CC(C)(c1ccc(O)cc1)c1ccc(OC(=O)Oc2ccccc2)cc1.O=C(Oc1ccccc1)Oc1ccccc1.Oc1ccccc1. The van der Waals surface area contributed by atoms with Gasteiger partial charge in [0.15, 0.2) is 0 Å². The molecular weight excluding hydrogens is 833 g/mol. The lowest BCUT2D eigenvalue weighted by molar-refractivity contribution is 0.150. The molecule has 4 N–H and O–H groups in total. The van der Waals surface area contributed by atoms with Crippen molar-refractivity contribution >= 4 is 12.3 Å². The summed E-state index contributed by atoms with van der Waals surface area (Å²) < 4.78 is 20.2. The van der Waals surface area contributed by atoms with Crippen molar-refractivity contribution in [2.75, 3.05) is 0 Å². The van der Waals surface area contributed by atoms with E-state index in [9.17, 15) is 24.9 Å². The van der Waals surface area contributed by atoms with Crippen molar-refractivity contribution in [2.24, 2.45) is 0 Å². The molecule has 0 saturated heterocycles. The van der Waals surface area contributed by atoms with Crippen LogP contribution in [0.4, 0.5) is 9.59 Å². The summed E-state index contributed by atoms with van der Waals surface area (Å²) in [6, 6.07) is 63.9. The summed E-state index contributed by atoms with van der Waals surface area (Å²) in [5, 5.41) is 36.7. The van der Waals surface area contributed by atoms with Crippen LogP contribution in [0.1, 0.15) is 49.9 Å². The van der Waals surface area contributed by atoms with E-state index in [4.69, 9.17) is 24.1 Å². The first-order valence-corrected chi connectivity index (χ1v) is 20.9. The maximum absolute atomic E-state index is 11.8. The highest BCUT2D eigenvalue weighted by atomic mass is 16.7. The molecule has 0 heterocycles. The summed E-state index contributed by atoms with van der Waals surface area (Å²) in [6.07, 6.45) is -1.51. The van der Waals surface area contributed by atoms with Crippen molar-refractivity contribution in [3.63, 3.8) is 0 Å². The largest absolute Gasteiger partial charge is 0.519 e. The van der Waals surface area contributed by atoms with Gasteiger partial charge in [0.2, 0.25) is 0 Å². The van der Waals surface area contributed by atoms with Gasteiger partial charge >= 0.3 is 12.3 Å². The number of hydrogen-bond acceptors (Lipinski definition) is 10. The Hall–Kier alpha value is -8.50. The van der Waals surface area contributed by atoms with Crippen LogP contribution in [0.25, 0.3) is 0 Å². The maximum atomic E-state index is 11.8. The lowest BCUT2D eigenvalue weighted by atomic mass is 9.78. The first kappa shape index (κ1) is 48.5. The predicted octanol–water partition coefficient (Wildman–Crippen LogP) is 13.4. The monoisotopic (exact) mass is 884 g/mol. The maximum Gasteiger partial charge on any atom is 0.519 e. The molecule has 0 aliphatic heterocycles. The van der Waals surface area contributed by atoms with Crippen molar-refractivity contribution < 1.29 is 49.0 Å². The van der Waals surface area contributed by atoms with Gasteiger partial charge in [-0.05, 0) is 119 Å². The van der Waals surface area contributed by atoms with Gasteiger partial charge in [-0.25, -0.2) is 9.59 Å². The average Bonchev–Trinajstić information content (AvgIpc) is 3.31. The second-order valence-corrected chi connectivity index (χ2v) is 15.6. The van der Waals surface area contributed by atoms with E-state index in [2.05, 4.69) is 27.7 Å². The molecule has 0 spiro atoms. The Bertz CT molecular complexity index is 2560. The van der Waals surface area contributed by atoms with Crippen molar-refractivity contribution in [3.8, 4) is 46.0 Å². The van der Waals surface area contributed by atoms with E-state index in [0.29, 0.717) is 28.7 Å². The number of carbonyl (C=O) groups excluding carboxylic acids is 2. The summed E-state index contributed by atoms with van der Waals surface area (Å²) >= 11 is 0. The molecule has 0 bridgehead atoms. The topological polar surface area (TPSA) is 152 Å². The molecule has 8 rings (SSSR count). The Morgan fingerprint density at radius 2 is 0.485 bits per heavy atom. The highest BCUT2D eigenvalue weighted by Gasteiger charge is 2.24. The first-order chi connectivity index (χ1) is 31.7. The Morgan fingerprint density at radius 1 is 0.288 bits per heavy atom. The van der Waals surface area contributed by atoms with Gasteiger partial charge in [-0.15, -0.1) is 0 Å². The molecular formula is C56H52O10. The molecule has 66 heavy (non-hydrogen) atoms. The van der Waals surface area contributed by atoms with Crippen molar-refractivity contribution in [2.45, 2.75) is 38.5 Å². The molecule has 0 aliphatic carbocycles. The highest BCUT2D eigenvalue weighted by Crippen LogP contribution is 2.34. The van der Waals surface area contributed by atoms with Gasteiger partial charge in [-0.2, -0.15) is 0 Å². The fourth-order valence-corrected chi connectivity index (χ4v) is 6.23. The molecule has 0 atom stereocenters. The lowest BCUT2D eigenvalue weighted by Crippen LogP contribution is -2.19. The smallest absolute Gasteiger partial charge is 0.508 e. The van der Waals surface area contributed by atoms with Crippen LogP contribution >= 0.6 is 0 Å². The van der Waals surface area contributed by atoms with E-state index in [-0.39, 0.29) is 28.1 Å². The zero-order valence-corrected chi connectivity index (χ0v) is 37.0. The van der Waals surface area contributed by atoms with Crippen molar-refractivity contribution in [1.82, 2.24) is 0 Å². The predicted molar refractivity (Wildman–Crippen MR) is 256 cm³/mol. The lowest BCUT2D eigenvalue weighted by Gasteiger charge is -2.26. The van der Waals surface area contributed by atoms with Crippen LogP contribution in [-0.4, -0.2) is 32.7 Å². The number of phenols is 4. The van der Waals surface area contributed by atoms with Crippen LogP contribution in [0.3, 0.4) is 0 Å². The minimum absolute atomic E-state index is 0.151. The Kier molecular flexibility index (Phi) is 17.5. The van der Waals surface area contributed by atoms with Crippen molar-refractivity contribution in [1.29, 1.82) is 0 Å². The molecule has 0 fully saturated rings. The van der Waals surface area contributed by atoms with E-state index in [1.54, 1.807) is 146 Å². The third-order valence-electron chi connectivity index (χ3n) is 10.1. The van der Waals surface area contributed by atoms with Crippen LogP contribution < -0.4 is 18.9 Å². The Morgan fingerprint density at radius 3 is 0.712 bits per heavy atom. The van der Waals surface area contributed by atoms with E-state index in [1.807, 2.05) is 72.8 Å². The van der Waals surface area contributed by atoms with Crippen LogP contribution in [0.5, 0.6) is 46.0 Å². The van der Waals surface area contributed by atoms with E-state index < -0.39 is 12.3 Å². The summed E-state index contributed by atoms with van der Waals surface area (Å²) in [5.74, 6) is 2.88. The van der Waals surface area contributed by atoms with Crippen LogP contribution in [0.15, 0.2) is 218 Å². The normalized spacial score (nSPS) is 10.5. The van der Waals surface area contributed by atoms with Gasteiger partial charge in [0.25, 0.3) is 0 Å². The fraction of sp³-hybridized carbons (Fsp3) is 0.107. The molecule has 0 unspecified atom stereocenters. The zero-order valence-electron chi connectivity index (χ0n) is 37.0. The van der Waals surface area contributed by atoms with E-state index in [0.717, 1.165) is 22.3 Å². The molecule has 0 aromatic heterocycles. The summed E-state index contributed by atoms with van der Waals surface area (Å²) in [4.78, 5) is 23.2. The zero-order chi connectivity index (χ0) is 47.4. The third kappa shape index (κ3) is 15.4. The highest BCUT2D eigenvalue weighted by molar-refractivity contribution is 5.67. The second-order valence-electron chi connectivity index (χ2n) is 15.6. The summed E-state index contributed by atoms with van der Waals surface area (Å²) in [7, 11) is 0. The molecule has 10 nitrogen and oxygen atoms in total. The minimum Gasteiger partial charge on any atom is -0.508 e. The van der Waals surface area contributed by atoms with Gasteiger partial charge in [0.05, 0.1) is 0 Å². The summed E-state index contributed by atoms with van der Waals surface area (Å²) in [5.41, 5.74) is 3.99. The summed E-state index contributed by atoms with van der Waals surface area (Å²) in [6.45, 7) is 8.43. The molecule has 8 aromatic rings. The number of rotatable bonds is 8. The molecule has 336 valence electrons.